The van der Waals surface area contributed by atoms with Gasteiger partial charge in [-0.15, -0.1) is 25.3 Å². The predicted octanol–water partition coefficient (Wildman–Crippen LogP) is 8.11. The molecule has 0 spiro atoms. The van der Waals surface area contributed by atoms with Gasteiger partial charge in [0.15, 0.2) is 23.0 Å². The van der Waals surface area contributed by atoms with E-state index in [9.17, 15) is 0 Å². The number of halogens is 1. The van der Waals surface area contributed by atoms with Crippen molar-refractivity contribution in [3.63, 3.8) is 0 Å². The number of nitrogens with one attached hydrogen (secondary N) is 2. The summed E-state index contributed by atoms with van der Waals surface area (Å²) in [4.78, 5) is 17.5. The van der Waals surface area contributed by atoms with Gasteiger partial charge in [0.05, 0.1) is 37.5 Å². The number of nitrogens with zero attached hydrogens (tertiary/aromatic N) is 4. The number of hydrogen-bond acceptors (Lipinski definition) is 14. The van der Waals surface area contributed by atoms with Gasteiger partial charge in [-0.1, -0.05) is 31.4 Å². The first-order chi connectivity index (χ1) is 28.5. The summed E-state index contributed by atoms with van der Waals surface area (Å²) in [6, 6.07) is 22.5. The van der Waals surface area contributed by atoms with Gasteiger partial charge in [-0.2, -0.15) is 0 Å². The minimum atomic E-state index is 0. The second-order valence-corrected chi connectivity index (χ2v) is 12.1. The molecule has 6 rings (SSSR count). The highest BCUT2D eigenvalue weighted by Crippen LogP contribution is 2.36. The van der Waals surface area contributed by atoms with Crippen LogP contribution in [0.15, 0.2) is 85.5 Å². The maximum Gasteiger partial charge on any atom is 0.163 e. The monoisotopic (exact) mass is 841 g/mol. The Hall–Kier alpha value is -6.39. The third kappa shape index (κ3) is 13.9. The molecular formula is C45H53ClN6O8. The lowest BCUT2D eigenvalue weighted by molar-refractivity contribution is 0.132. The minimum absolute atomic E-state index is 0. The number of anilines is 4. The van der Waals surface area contributed by atoms with Gasteiger partial charge in [0.2, 0.25) is 0 Å². The highest BCUT2D eigenvalue weighted by Gasteiger charge is 2.15. The van der Waals surface area contributed by atoms with Gasteiger partial charge in [0, 0.05) is 75.3 Å². The van der Waals surface area contributed by atoms with Gasteiger partial charge < -0.3 is 48.5 Å². The van der Waals surface area contributed by atoms with Crippen molar-refractivity contribution in [3.8, 4) is 47.7 Å². The van der Waals surface area contributed by atoms with Crippen LogP contribution in [0.3, 0.4) is 0 Å². The molecule has 4 aromatic carbocycles. The zero-order valence-corrected chi connectivity index (χ0v) is 34.2. The fraction of sp³-hybridized carbons (Fsp3) is 0.289. The van der Waals surface area contributed by atoms with Crippen LogP contribution in [0.1, 0.15) is 20.0 Å². The topological polar surface area (TPSA) is 149 Å². The smallest absolute Gasteiger partial charge is 0.163 e. The normalized spacial score (nSPS) is 10.2. The summed E-state index contributed by atoms with van der Waals surface area (Å²) in [5, 5.41) is 8.19. The van der Waals surface area contributed by atoms with Gasteiger partial charge in [-0.3, -0.25) is 0 Å². The van der Waals surface area contributed by atoms with E-state index in [1.807, 2.05) is 72.8 Å². The fourth-order valence-electron chi connectivity index (χ4n) is 5.37. The lowest BCUT2D eigenvalue weighted by Gasteiger charge is -2.15. The Kier molecular flexibility index (Phi) is 20.7. The molecule has 0 aliphatic heterocycles. The van der Waals surface area contributed by atoms with Gasteiger partial charge >= 0.3 is 0 Å². The number of fused-ring (bicyclic) bond motifs is 2. The van der Waals surface area contributed by atoms with Crippen LogP contribution in [-0.2, 0) is 18.9 Å². The first kappa shape index (κ1) is 48.0. The van der Waals surface area contributed by atoms with Crippen molar-refractivity contribution in [1.29, 1.82) is 0 Å². The van der Waals surface area contributed by atoms with Crippen LogP contribution in [0.5, 0.6) is 23.0 Å². The number of benzene rings is 4. The van der Waals surface area contributed by atoms with Crippen molar-refractivity contribution in [1.82, 2.24) is 19.9 Å². The number of aromatic nitrogens is 4. The van der Waals surface area contributed by atoms with Crippen LogP contribution >= 0.6 is 12.4 Å². The van der Waals surface area contributed by atoms with Crippen molar-refractivity contribution >= 4 is 57.2 Å². The molecule has 0 bridgehead atoms. The Morgan fingerprint density at radius 3 is 1.18 bits per heavy atom. The highest BCUT2D eigenvalue weighted by atomic mass is 35.5. The van der Waals surface area contributed by atoms with E-state index in [1.54, 1.807) is 28.4 Å². The average Bonchev–Trinajstić information content (AvgIpc) is 3.25. The Bertz CT molecular complexity index is 2180. The van der Waals surface area contributed by atoms with E-state index >= 15 is 0 Å². The van der Waals surface area contributed by atoms with Crippen molar-refractivity contribution in [2.45, 2.75) is 7.43 Å². The molecule has 0 aliphatic rings. The van der Waals surface area contributed by atoms with Crippen LogP contribution in [0.4, 0.5) is 23.0 Å². The standard InChI is InChI=1S/2C22H23N3O4.CH4.ClH.H2/c2*1-4-16-6-5-7-17(12-16)25-22-18-13-20(28-10-8-26-2)21(29-11-9-27-3)14-19(18)23-15-24-22;;;/h2*1,5-7,12-15H,8-11H2,2-3H3,(H,23,24,25);1H4;2*1H/i;;;;1+1. The molecule has 2 heterocycles. The van der Waals surface area contributed by atoms with Crippen LogP contribution in [0.2, 0.25) is 0 Å². The van der Waals surface area contributed by atoms with E-state index in [0.29, 0.717) is 87.5 Å². The molecule has 0 aliphatic carbocycles. The third-order valence-corrected chi connectivity index (χ3v) is 8.17. The molecule has 14 nitrogen and oxygen atoms in total. The molecule has 318 valence electrons. The zero-order chi connectivity index (χ0) is 41.0. The number of methoxy groups -OCH3 is 4. The summed E-state index contributed by atoms with van der Waals surface area (Å²) in [6.07, 6.45) is 14.0. The van der Waals surface area contributed by atoms with Crippen LogP contribution in [0.25, 0.3) is 21.8 Å². The first-order valence-corrected chi connectivity index (χ1v) is 18.2. The molecule has 0 atom stereocenters. The minimum Gasteiger partial charge on any atom is -0.487 e. The Morgan fingerprint density at radius 2 is 0.850 bits per heavy atom. The molecule has 0 fully saturated rings. The maximum absolute atomic E-state index is 5.86. The molecular weight excluding hydrogens is 788 g/mol. The van der Waals surface area contributed by atoms with Crippen molar-refractivity contribution in [2.75, 3.05) is 91.9 Å². The van der Waals surface area contributed by atoms with Crippen LogP contribution in [0, 0.1) is 24.7 Å². The zero-order valence-electron chi connectivity index (χ0n) is 33.4. The highest BCUT2D eigenvalue weighted by molar-refractivity contribution is 5.94. The van der Waals surface area contributed by atoms with Crippen molar-refractivity contribution in [3.05, 3.63) is 96.6 Å². The number of hydrogen-bond donors (Lipinski definition) is 2. The van der Waals surface area contributed by atoms with E-state index in [-0.39, 0.29) is 21.3 Å². The Balaban J connectivity index is 0.000000400. The number of rotatable bonds is 20. The molecule has 2 aromatic heterocycles. The van der Waals surface area contributed by atoms with Crippen molar-refractivity contribution < 1.29 is 39.3 Å². The molecule has 0 saturated heterocycles. The van der Waals surface area contributed by atoms with E-state index in [2.05, 4.69) is 42.4 Å². The molecule has 0 saturated carbocycles. The summed E-state index contributed by atoms with van der Waals surface area (Å²) in [5.74, 6) is 8.89. The quantitative estimate of drug-likeness (QED) is 0.0563. The molecule has 0 radical (unpaired) electrons. The van der Waals surface area contributed by atoms with Crippen LogP contribution < -0.4 is 29.6 Å². The van der Waals surface area contributed by atoms with Gasteiger partial charge in [0.1, 0.15) is 50.7 Å². The van der Waals surface area contributed by atoms with E-state index < -0.39 is 0 Å². The Morgan fingerprint density at radius 1 is 0.500 bits per heavy atom. The number of terminal acetylenes is 2. The van der Waals surface area contributed by atoms with E-state index in [0.717, 1.165) is 44.3 Å². The number of ether oxygens (including phenoxy) is 8. The van der Waals surface area contributed by atoms with E-state index in [1.165, 1.54) is 12.7 Å². The fourth-order valence-corrected chi connectivity index (χ4v) is 5.37. The van der Waals surface area contributed by atoms with Crippen LogP contribution in [-0.4, -0.2) is 101 Å². The molecule has 0 amide bonds. The predicted molar refractivity (Wildman–Crippen MR) is 240 cm³/mol. The maximum atomic E-state index is 5.86. The molecule has 6 aromatic rings. The lowest BCUT2D eigenvalue weighted by Crippen LogP contribution is -2.09. The summed E-state index contributed by atoms with van der Waals surface area (Å²) >= 11 is 0. The summed E-state index contributed by atoms with van der Waals surface area (Å²) in [5.41, 5.74) is 4.69. The summed E-state index contributed by atoms with van der Waals surface area (Å²) in [6.45, 7) is 3.45. The van der Waals surface area contributed by atoms with Gasteiger partial charge in [-0.25, -0.2) is 19.9 Å². The molecule has 15 heteroatoms. The SMILES string of the molecule is C.C#Cc1cccc(Nc2ncnc3cc(OCCOC)c(OCCOC)cc23)c1.C#Cc1cccc(Nc2ncnc3cc(OCCOC)c(OCCOC)cc23)c1.Cl.[2HH]. The second-order valence-electron chi connectivity index (χ2n) is 12.1. The third-order valence-electron chi connectivity index (χ3n) is 8.17. The summed E-state index contributed by atoms with van der Waals surface area (Å²) in [7, 11) is 6.50. The second kappa shape index (κ2) is 25.9. The summed E-state index contributed by atoms with van der Waals surface area (Å²) < 4.78 is 43.6. The van der Waals surface area contributed by atoms with E-state index in [4.69, 9.17) is 50.7 Å². The average molecular weight is 842 g/mol. The lowest BCUT2D eigenvalue weighted by atomic mass is 10.2. The molecule has 60 heavy (non-hydrogen) atoms. The van der Waals surface area contributed by atoms with Crippen molar-refractivity contribution in [2.24, 2.45) is 0 Å². The Labute approximate surface area is 359 Å². The molecule has 0 unspecified atom stereocenters. The van der Waals surface area contributed by atoms with Gasteiger partial charge in [-0.05, 0) is 48.5 Å². The van der Waals surface area contributed by atoms with Gasteiger partial charge in [0.25, 0.3) is 0 Å². The molecule has 2 N–H and O–H groups in total. The first-order valence-electron chi connectivity index (χ1n) is 18.2. The largest absolute Gasteiger partial charge is 0.487 e.